The van der Waals surface area contributed by atoms with E-state index in [1.165, 1.54) is 28.2 Å². The van der Waals surface area contributed by atoms with Crippen LogP contribution in [0.1, 0.15) is 45.7 Å². The predicted molar refractivity (Wildman–Crippen MR) is 117 cm³/mol. The number of ether oxygens (including phenoxy) is 1. The minimum atomic E-state index is -0.0109. The van der Waals surface area contributed by atoms with Gasteiger partial charge in [0.1, 0.15) is 5.75 Å². The van der Waals surface area contributed by atoms with Crippen LogP contribution < -0.4 is 9.64 Å². The maximum Gasteiger partial charge on any atom is 0.209 e. The van der Waals surface area contributed by atoms with E-state index < -0.39 is 0 Å². The largest absolute Gasteiger partial charge is 0.497 e. The minimum absolute atomic E-state index is 0.0109. The fourth-order valence-electron chi connectivity index (χ4n) is 4.83. The summed E-state index contributed by atoms with van der Waals surface area (Å²) in [7, 11) is 3.90. The maximum atomic E-state index is 5.47. The average molecular weight is 376 g/mol. The van der Waals surface area contributed by atoms with Gasteiger partial charge < -0.3 is 9.64 Å². The second kappa shape index (κ2) is 6.23. The topological polar surface area (TPSA) is 15.5 Å². The van der Waals surface area contributed by atoms with E-state index in [1.54, 1.807) is 7.11 Å². The van der Waals surface area contributed by atoms with Gasteiger partial charge in [0.2, 0.25) is 5.69 Å². The molecule has 2 aromatic rings. The number of anilines is 1. The molecule has 2 aliphatic rings. The van der Waals surface area contributed by atoms with E-state index in [9.17, 15) is 0 Å². The normalized spacial score (nSPS) is 24.5. The van der Waals surface area contributed by atoms with Gasteiger partial charge in [-0.15, -0.1) is 0 Å². The molecule has 3 heteroatoms. The maximum absolute atomic E-state index is 5.47. The van der Waals surface area contributed by atoms with Crippen molar-refractivity contribution in [3.8, 4) is 5.75 Å². The number of likely N-dealkylation sites (N-methyl/N-ethyl adjacent to an activating group) is 1. The molecule has 0 amide bonds. The third kappa shape index (κ3) is 2.52. The van der Waals surface area contributed by atoms with Crippen molar-refractivity contribution in [2.75, 3.05) is 19.1 Å². The van der Waals surface area contributed by atoms with Crippen LogP contribution in [0.25, 0.3) is 0 Å². The summed E-state index contributed by atoms with van der Waals surface area (Å²) in [6, 6.07) is 15.5. The Morgan fingerprint density at radius 2 is 1.75 bits per heavy atom. The van der Waals surface area contributed by atoms with Crippen LogP contribution in [0.4, 0.5) is 11.4 Å². The van der Waals surface area contributed by atoms with Gasteiger partial charge >= 0.3 is 0 Å². The van der Waals surface area contributed by atoms with Gasteiger partial charge in [0.05, 0.1) is 12.5 Å². The fraction of sp³-hybridized carbons (Fsp3) is 0.400. The number of hydrogen-bond acceptors (Lipinski definition) is 2. The molecule has 0 saturated carbocycles. The molecule has 1 atom stereocenters. The zero-order valence-corrected chi connectivity index (χ0v) is 18.1. The van der Waals surface area contributed by atoms with Crippen molar-refractivity contribution < 1.29 is 9.31 Å². The van der Waals surface area contributed by atoms with E-state index in [0.717, 1.165) is 5.75 Å². The van der Waals surface area contributed by atoms with Crippen molar-refractivity contribution >= 4 is 17.6 Å². The highest BCUT2D eigenvalue weighted by Gasteiger charge is 2.47. The predicted octanol–water partition coefficient (Wildman–Crippen LogP) is 5.40. The Balaban J connectivity index is 1.81. The van der Waals surface area contributed by atoms with E-state index in [-0.39, 0.29) is 10.8 Å². The third-order valence-electron chi connectivity index (χ3n) is 6.97. The summed E-state index contributed by atoms with van der Waals surface area (Å²) in [4.78, 5) is 2.33. The highest BCUT2D eigenvalue weighted by molar-refractivity contribution is 5.78. The molecule has 146 valence electrons. The molecule has 0 spiro atoms. The summed E-state index contributed by atoms with van der Waals surface area (Å²) in [5, 5.41) is 0. The first-order valence-corrected chi connectivity index (χ1v) is 10.1. The van der Waals surface area contributed by atoms with Gasteiger partial charge in [-0.25, -0.2) is 0 Å². The molecule has 0 N–H and O–H groups in total. The Hall–Kier alpha value is -2.55. The number of allylic oxidation sites excluding steroid dienone is 2. The average Bonchev–Trinajstić information content (AvgIpc) is 2.99. The van der Waals surface area contributed by atoms with E-state index in [0.29, 0.717) is 6.04 Å². The van der Waals surface area contributed by atoms with Crippen LogP contribution >= 0.6 is 0 Å². The quantitative estimate of drug-likeness (QED) is 0.653. The molecular formula is C25H31N2O+. The number of hydrogen-bond donors (Lipinski definition) is 0. The number of methoxy groups -OCH3 is 1. The molecule has 2 heterocycles. The summed E-state index contributed by atoms with van der Waals surface area (Å²) in [6.45, 7) is 11.6. The van der Waals surface area contributed by atoms with Crippen molar-refractivity contribution in [1.82, 2.24) is 0 Å². The summed E-state index contributed by atoms with van der Waals surface area (Å²) in [5.41, 5.74) is 6.66. The third-order valence-corrected chi connectivity index (χ3v) is 6.97. The smallest absolute Gasteiger partial charge is 0.209 e. The Kier molecular flexibility index (Phi) is 4.18. The zero-order chi connectivity index (χ0) is 20.3. The minimum Gasteiger partial charge on any atom is -0.497 e. The highest BCUT2D eigenvalue weighted by Crippen LogP contribution is 2.47. The SMILES string of the molecule is COc1ccc2c(c1)C(C)(C)C(C)[N+]2=C/C=C1/N(C)c2ccccc2C1(C)C. The van der Waals surface area contributed by atoms with Gasteiger partial charge in [0.15, 0.2) is 12.3 Å². The molecule has 4 rings (SSSR count). The van der Waals surface area contributed by atoms with Crippen LogP contribution in [-0.2, 0) is 10.8 Å². The number of rotatable bonds is 2. The van der Waals surface area contributed by atoms with Crippen molar-refractivity contribution in [2.24, 2.45) is 0 Å². The Labute approximate surface area is 169 Å². The fourth-order valence-corrected chi connectivity index (χ4v) is 4.83. The van der Waals surface area contributed by atoms with Crippen molar-refractivity contribution in [1.29, 1.82) is 0 Å². The van der Waals surface area contributed by atoms with Crippen LogP contribution in [0, 0.1) is 0 Å². The lowest BCUT2D eigenvalue weighted by atomic mass is 9.81. The first kappa shape index (κ1) is 18.8. The highest BCUT2D eigenvalue weighted by atomic mass is 16.5. The second-order valence-corrected chi connectivity index (χ2v) is 9.09. The molecule has 2 aliphatic heterocycles. The van der Waals surface area contributed by atoms with Gasteiger partial charge in [-0.1, -0.05) is 32.0 Å². The monoisotopic (exact) mass is 375 g/mol. The lowest BCUT2D eigenvalue weighted by Gasteiger charge is -2.23. The van der Waals surface area contributed by atoms with E-state index in [1.807, 2.05) is 0 Å². The molecule has 2 aromatic carbocycles. The first-order chi connectivity index (χ1) is 13.2. The van der Waals surface area contributed by atoms with Crippen LogP contribution in [0.3, 0.4) is 0 Å². The van der Waals surface area contributed by atoms with Gasteiger partial charge in [-0.05, 0) is 44.5 Å². The Bertz CT molecular complexity index is 997. The van der Waals surface area contributed by atoms with Crippen LogP contribution in [-0.4, -0.2) is 31.0 Å². The lowest BCUT2D eigenvalue weighted by molar-refractivity contribution is -0.473. The van der Waals surface area contributed by atoms with Gasteiger partial charge in [0.25, 0.3) is 0 Å². The first-order valence-electron chi connectivity index (χ1n) is 10.1. The van der Waals surface area contributed by atoms with E-state index in [4.69, 9.17) is 4.74 Å². The van der Waals surface area contributed by atoms with Gasteiger partial charge in [0, 0.05) is 41.6 Å². The summed E-state index contributed by atoms with van der Waals surface area (Å²) in [5.74, 6) is 0.923. The number of fused-ring (bicyclic) bond motifs is 2. The lowest BCUT2D eigenvalue weighted by Crippen LogP contribution is -2.32. The van der Waals surface area contributed by atoms with E-state index >= 15 is 0 Å². The number of nitrogens with zero attached hydrogens (tertiary/aromatic N) is 2. The molecule has 0 radical (unpaired) electrons. The second-order valence-electron chi connectivity index (χ2n) is 9.09. The van der Waals surface area contributed by atoms with Gasteiger partial charge in [-0.3, -0.25) is 0 Å². The number of benzene rings is 2. The molecule has 1 unspecified atom stereocenters. The molecule has 3 nitrogen and oxygen atoms in total. The molecule has 0 bridgehead atoms. The summed E-state index contributed by atoms with van der Waals surface area (Å²) in [6.07, 6.45) is 4.57. The van der Waals surface area contributed by atoms with Crippen molar-refractivity contribution in [3.63, 3.8) is 0 Å². The molecule has 28 heavy (non-hydrogen) atoms. The Morgan fingerprint density at radius 3 is 2.43 bits per heavy atom. The number of para-hydroxylation sites is 1. The molecule has 0 aromatic heterocycles. The van der Waals surface area contributed by atoms with E-state index in [2.05, 4.69) is 106 Å². The van der Waals surface area contributed by atoms with Crippen molar-refractivity contribution in [2.45, 2.75) is 51.5 Å². The Morgan fingerprint density at radius 1 is 1.04 bits per heavy atom. The molecule has 0 aliphatic carbocycles. The van der Waals surface area contributed by atoms with Crippen LogP contribution in [0.15, 0.2) is 54.2 Å². The van der Waals surface area contributed by atoms with Crippen LogP contribution in [0.5, 0.6) is 5.75 Å². The standard InChI is InChI=1S/C25H31N2O/c1-17-24(2,3)20-16-18(28-7)12-13-22(20)27(17)15-14-23-25(4,5)19-10-8-9-11-21(19)26(23)6/h8-17H,1-7H3/q+1. The van der Waals surface area contributed by atoms with Crippen LogP contribution in [0.2, 0.25) is 0 Å². The zero-order valence-electron chi connectivity index (χ0n) is 18.1. The summed E-state index contributed by atoms with van der Waals surface area (Å²) >= 11 is 0. The summed E-state index contributed by atoms with van der Waals surface area (Å²) < 4.78 is 7.89. The molecule has 0 fully saturated rings. The van der Waals surface area contributed by atoms with Crippen molar-refractivity contribution in [3.05, 3.63) is 65.4 Å². The molecular weight excluding hydrogens is 344 g/mol. The van der Waals surface area contributed by atoms with Gasteiger partial charge in [-0.2, -0.15) is 4.58 Å². The molecule has 0 saturated heterocycles.